The summed E-state index contributed by atoms with van der Waals surface area (Å²) in [7, 11) is 0. The van der Waals surface area contributed by atoms with Crippen LogP contribution in [-0.4, -0.2) is 15.9 Å². The largest absolute Gasteiger partial charge is 0.411 e. The summed E-state index contributed by atoms with van der Waals surface area (Å²) >= 11 is 0. The van der Waals surface area contributed by atoms with Crippen molar-refractivity contribution in [3.05, 3.63) is 60.2 Å². The predicted molar refractivity (Wildman–Crippen MR) is 85.0 cm³/mol. The van der Waals surface area contributed by atoms with Crippen molar-refractivity contribution in [2.45, 2.75) is 26.6 Å². The molecule has 2 aromatic carbocycles. The van der Waals surface area contributed by atoms with Gasteiger partial charge in [0.25, 0.3) is 0 Å². The van der Waals surface area contributed by atoms with Gasteiger partial charge in [0, 0.05) is 16.5 Å². The van der Waals surface area contributed by atoms with Gasteiger partial charge in [-0.1, -0.05) is 48.5 Å². The third kappa shape index (κ3) is 2.41. The second kappa shape index (κ2) is 5.62. The average Bonchev–Trinajstić information content (AvgIpc) is 2.81. The minimum absolute atomic E-state index is 0.0147. The van der Waals surface area contributed by atoms with E-state index in [-0.39, 0.29) is 12.7 Å². The zero-order chi connectivity index (χ0) is 14.8. The van der Waals surface area contributed by atoms with Gasteiger partial charge < -0.3 is 9.94 Å². The smallest absolute Gasteiger partial charge is 0.119 e. The number of aromatic nitrogens is 1. The van der Waals surface area contributed by atoms with Gasteiger partial charge in [0.1, 0.15) is 6.10 Å². The molecule has 0 bridgehead atoms. The molecule has 0 fully saturated rings. The highest BCUT2D eigenvalue weighted by Gasteiger charge is 2.19. The van der Waals surface area contributed by atoms with E-state index in [4.69, 9.17) is 4.84 Å². The van der Waals surface area contributed by atoms with E-state index in [2.05, 4.69) is 0 Å². The van der Waals surface area contributed by atoms with Crippen LogP contribution in [-0.2, 0) is 6.61 Å². The Morgan fingerprint density at radius 1 is 1.00 bits per heavy atom. The highest BCUT2D eigenvalue weighted by molar-refractivity contribution is 5.91. The number of rotatable bonds is 4. The Kier molecular flexibility index (Phi) is 3.67. The van der Waals surface area contributed by atoms with Crippen molar-refractivity contribution in [1.82, 2.24) is 4.73 Å². The van der Waals surface area contributed by atoms with Crippen molar-refractivity contribution in [3.63, 3.8) is 0 Å². The third-order valence-corrected chi connectivity index (χ3v) is 3.46. The summed E-state index contributed by atoms with van der Waals surface area (Å²) in [5.74, 6) is 0. The molecule has 3 nitrogen and oxygen atoms in total. The Labute approximate surface area is 124 Å². The van der Waals surface area contributed by atoms with Crippen LogP contribution in [0.1, 0.15) is 19.4 Å². The molecule has 1 heterocycles. The van der Waals surface area contributed by atoms with Crippen molar-refractivity contribution in [3.8, 4) is 11.3 Å². The molecule has 0 aliphatic rings. The van der Waals surface area contributed by atoms with Gasteiger partial charge in [0.2, 0.25) is 0 Å². The Hall–Kier alpha value is -2.26. The molecule has 0 unspecified atom stereocenters. The first-order valence-electron chi connectivity index (χ1n) is 7.18. The monoisotopic (exact) mass is 281 g/mol. The first-order chi connectivity index (χ1) is 10.2. The average molecular weight is 281 g/mol. The fourth-order valence-corrected chi connectivity index (χ4v) is 2.64. The molecule has 0 saturated heterocycles. The fourth-order valence-electron chi connectivity index (χ4n) is 2.64. The van der Waals surface area contributed by atoms with Crippen LogP contribution < -0.4 is 4.84 Å². The van der Waals surface area contributed by atoms with E-state index in [1.807, 2.05) is 73.2 Å². The van der Waals surface area contributed by atoms with Crippen LogP contribution in [0, 0.1) is 0 Å². The summed E-state index contributed by atoms with van der Waals surface area (Å²) in [5.41, 5.74) is 3.85. The van der Waals surface area contributed by atoms with Crippen LogP contribution in [0.4, 0.5) is 0 Å². The quantitative estimate of drug-likeness (QED) is 0.792. The molecule has 3 aromatic rings. The normalized spacial score (nSPS) is 11.2. The predicted octanol–water partition coefficient (Wildman–Crippen LogP) is 3.64. The van der Waals surface area contributed by atoms with Crippen LogP contribution >= 0.6 is 0 Å². The van der Waals surface area contributed by atoms with Crippen LogP contribution in [0.3, 0.4) is 0 Å². The van der Waals surface area contributed by atoms with E-state index < -0.39 is 0 Å². The highest BCUT2D eigenvalue weighted by Crippen LogP contribution is 2.33. The van der Waals surface area contributed by atoms with Crippen LogP contribution in [0.5, 0.6) is 0 Å². The molecule has 3 rings (SSSR count). The maximum Gasteiger partial charge on any atom is 0.119 e. The molecular weight excluding hydrogens is 262 g/mol. The van der Waals surface area contributed by atoms with Gasteiger partial charge in [-0.05, 0) is 19.9 Å². The lowest BCUT2D eigenvalue weighted by atomic mass is 10.1. The number of benzene rings is 2. The molecule has 0 aliphatic heterocycles. The van der Waals surface area contributed by atoms with Crippen molar-refractivity contribution < 1.29 is 9.94 Å². The number of hydrogen-bond acceptors (Lipinski definition) is 2. The van der Waals surface area contributed by atoms with Crippen LogP contribution in [0.2, 0.25) is 0 Å². The van der Waals surface area contributed by atoms with Gasteiger partial charge in [-0.3, -0.25) is 0 Å². The molecule has 0 spiro atoms. The molecule has 0 radical (unpaired) electrons. The Bertz CT molecular complexity index is 745. The van der Waals surface area contributed by atoms with E-state index >= 15 is 0 Å². The Balaban J connectivity index is 2.34. The van der Waals surface area contributed by atoms with E-state index in [9.17, 15) is 5.11 Å². The molecule has 0 aliphatic carbocycles. The molecule has 21 heavy (non-hydrogen) atoms. The molecule has 1 aromatic heterocycles. The number of aliphatic hydroxyl groups is 1. The SMILES string of the molecule is CC(C)On1c(-c2ccccc2)c(CO)c2ccccc21. The summed E-state index contributed by atoms with van der Waals surface area (Å²) in [5, 5.41) is 10.9. The summed E-state index contributed by atoms with van der Waals surface area (Å²) < 4.78 is 1.85. The molecule has 108 valence electrons. The first kappa shape index (κ1) is 13.7. The molecule has 3 heteroatoms. The van der Waals surface area contributed by atoms with Crippen molar-refractivity contribution >= 4 is 10.9 Å². The number of hydrogen-bond donors (Lipinski definition) is 1. The molecule has 0 atom stereocenters. The van der Waals surface area contributed by atoms with Crippen LogP contribution in [0.15, 0.2) is 54.6 Å². The van der Waals surface area contributed by atoms with Crippen molar-refractivity contribution in [1.29, 1.82) is 0 Å². The number of para-hydroxylation sites is 1. The van der Waals surface area contributed by atoms with E-state index in [1.54, 1.807) is 0 Å². The van der Waals surface area contributed by atoms with Gasteiger partial charge in [-0.25, -0.2) is 0 Å². The number of fused-ring (bicyclic) bond motifs is 1. The van der Waals surface area contributed by atoms with Crippen molar-refractivity contribution in [2.24, 2.45) is 0 Å². The maximum atomic E-state index is 9.86. The third-order valence-electron chi connectivity index (χ3n) is 3.46. The lowest BCUT2D eigenvalue weighted by molar-refractivity contribution is 0.0711. The summed E-state index contributed by atoms with van der Waals surface area (Å²) in [4.78, 5) is 6.00. The molecule has 1 N–H and O–H groups in total. The molecular formula is C18H19NO2. The molecule has 0 saturated carbocycles. The lowest BCUT2D eigenvalue weighted by Gasteiger charge is -2.16. The number of aliphatic hydroxyl groups excluding tert-OH is 1. The summed E-state index contributed by atoms with van der Waals surface area (Å²) in [6.45, 7) is 3.99. The first-order valence-corrected chi connectivity index (χ1v) is 7.18. The Morgan fingerprint density at radius 2 is 1.67 bits per heavy atom. The maximum absolute atomic E-state index is 9.86. The minimum Gasteiger partial charge on any atom is -0.411 e. The Morgan fingerprint density at radius 3 is 2.33 bits per heavy atom. The second-order valence-corrected chi connectivity index (χ2v) is 5.32. The summed E-state index contributed by atoms with van der Waals surface area (Å²) in [6.07, 6.45) is 0.0508. The standard InChI is InChI=1S/C18H19NO2/c1-13(2)21-19-17-11-7-6-10-15(17)16(12-20)18(19)14-8-4-3-5-9-14/h3-11,13,20H,12H2,1-2H3. The van der Waals surface area contributed by atoms with E-state index in [0.29, 0.717) is 0 Å². The topological polar surface area (TPSA) is 34.4 Å². The van der Waals surface area contributed by atoms with Gasteiger partial charge in [-0.2, -0.15) is 4.73 Å². The summed E-state index contributed by atoms with van der Waals surface area (Å²) in [6, 6.07) is 18.0. The van der Waals surface area contributed by atoms with Gasteiger partial charge in [0.15, 0.2) is 0 Å². The van der Waals surface area contributed by atoms with Gasteiger partial charge in [0.05, 0.1) is 17.8 Å². The molecule has 0 amide bonds. The van der Waals surface area contributed by atoms with Crippen LogP contribution in [0.25, 0.3) is 22.2 Å². The minimum atomic E-state index is -0.0147. The number of nitrogens with zero attached hydrogens (tertiary/aromatic N) is 1. The zero-order valence-electron chi connectivity index (χ0n) is 12.3. The van der Waals surface area contributed by atoms with Crippen molar-refractivity contribution in [2.75, 3.05) is 0 Å². The van der Waals surface area contributed by atoms with Gasteiger partial charge in [-0.15, -0.1) is 0 Å². The fraction of sp³-hybridized carbons (Fsp3) is 0.222. The van der Waals surface area contributed by atoms with E-state index in [0.717, 1.165) is 27.7 Å². The lowest BCUT2D eigenvalue weighted by Crippen LogP contribution is -2.19. The zero-order valence-corrected chi connectivity index (χ0v) is 12.3. The highest BCUT2D eigenvalue weighted by atomic mass is 16.7. The van der Waals surface area contributed by atoms with Gasteiger partial charge >= 0.3 is 0 Å². The van der Waals surface area contributed by atoms with E-state index in [1.165, 1.54) is 0 Å². The second-order valence-electron chi connectivity index (χ2n) is 5.32.